The van der Waals surface area contributed by atoms with Crippen LogP contribution in [0.4, 0.5) is 5.69 Å². The SMILES string of the molecule is COCCOC1c2ccn3c(C)c(C)nc3c2NC(c2ccccc2)C1OC(=O)CCCO. The van der Waals surface area contributed by atoms with Crippen molar-refractivity contribution in [3.05, 3.63) is 65.1 Å². The van der Waals surface area contributed by atoms with Gasteiger partial charge in [0.2, 0.25) is 0 Å². The molecule has 8 nitrogen and oxygen atoms in total. The van der Waals surface area contributed by atoms with E-state index in [4.69, 9.17) is 24.3 Å². The molecule has 3 aromatic rings. The minimum Gasteiger partial charge on any atom is -0.457 e. The van der Waals surface area contributed by atoms with Crippen LogP contribution in [0.25, 0.3) is 5.65 Å². The molecule has 0 bridgehead atoms. The van der Waals surface area contributed by atoms with E-state index in [1.54, 1.807) is 7.11 Å². The van der Waals surface area contributed by atoms with Crippen LogP contribution in [0.15, 0.2) is 42.6 Å². The number of aliphatic hydroxyl groups excluding tert-OH is 1. The molecule has 2 aromatic heterocycles. The molecule has 8 heteroatoms. The number of methoxy groups -OCH3 is 1. The number of ether oxygens (including phenoxy) is 3. The first-order valence-electron chi connectivity index (χ1n) is 11.3. The Kier molecular flexibility index (Phi) is 7.27. The summed E-state index contributed by atoms with van der Waals surface area (Å²) in [4.78, 5) is 17.4. The molecule has 1 aliphatic heterocycles. The van der Waals surface area contributed by atoms with Crippen LogP contribution in [0, 0.1) is 13.8 Å². The van der Waals surface area contributed by atoms with E-state index in [1.165, 1.54) is 0 Å². The molecule has 3 atom stereocenters. The van der Waals surface area contributed by atoms with Crippen LogP contribution < -0.4 is 5.32 Å². The van der Waals surface area contributed by atoms with Gasteiger partial charge in [0.25, 0.3) is 0 Å². The number of carbonyl (C=O) groups excluding carboxylic acids is 1. The molecule has 0 radical (unpaired) electrons. The van der Waals surface area contributed by atoms with E-state index in [0.29, 0.717) is 19.6 Å². The summed E-state index contributed by atoms with van der Waals surface area (Å²) in [6, 6.07) is 11.5. The second kappa shape index (κ2) is 10.3. The number of nitrogens with zero attached hydrogens (tertiary/aromatic N) is 2. The molecule has 0 saturated heterocycles. The van der Waals surface area contributed by atoms with Crippen molar-refractivity contribution in [1.29, 1.82) is 0 Å². The first-order valence-corrected chi connectivity index (χ1v) is 11.3. The van der Waals surface area contributed by atoms with Gasteiger partial charge < -0.3 is 29.0 Å². The number of hydrogen-bond acceptors (Lipinski definition) is 7. The number of fused-ring (bicyclic) bond motifs is 3. The van der Waals surface area contributed by atoms with Crippen LogP contribution in [-0.4, -0.2) is 53.5 Å². The molecule has 4 rings (SSSR count). The molecule has 0 amide bonds. The van der Waals surface area contributed by atoms with Gasteiger partial charge in [0.05, 0.1) is 30.6 Å². The molecule has 3 unspecified atom stereocenters. The minimum absolute atomic E-state index is 0.0622. The average molecular weight is 454 g/mol. The number of esters is 1. The Morgan fingerprint density at radius 3 is 2.70 bits per heavy atom. The number of pyridine rings is 1. The zero-order valence-electron chi connectivity index (χ0n) is 19.3. The van der Waals surface area contributed by atoms with E-state index in [0.717, 1.165) is 33.8 Å². The smallest absolute Gasteiger partial charge is 0.306 e. The summed E-state index contributed by atoms with van der Waals surface area (Å²) >= 11 is 0. The lowest BCUT2D eigenvalue weighted by Crippen LogP contribution is -2.41. The number of nitrogens with one attached hydrogen (secondary N) is 1. The molecule has 1 aliphatic rings. The van der Waals surface area contributed by atoms with Crippen molar-refractivity contribution < 1.29 is 24.1 Å². The number of imidazole rings is 1. The summed E-state index contributed by atoms with van der Waals surface area (Å²) in [7, 11) is 1.62. The zero-order chi connectivity index (χ0) is 23.4. The van der Waals surface area contributed by atoms with Crippen molar-refractivity contribution in [3.63, 3.8) is 0 Å². The number of aryl methyl sites for hydroxylation is 2. The highest BCUT2D eigenvalue weighted by molar-refractivity contribution is 5.76. The quantitative estimate of drug-likeness (QED) is 0.378. The molecule has 0 saturated carbocycles. The van der Waals surface area contributed by atoms with Crippen molar-refractivity contribution >= 4 is 17.3 Å². The van der Waals surface area contributed by atoms with Crippen molar-refractivity contribution in [2.75, 3.05) is 32.2 Å². The van der Waals surface area contributed by atoms with E-state index in [-0.39, 0.29) is 25.0 Å². The molecule has 0 spiro atoms. The van der Waals surface area contributed by atoms with Gasteiger partial charge in [0.1, 0.15) is 6.10 Å². The fourth-order valence-electron chi connectivity index (χ4n) is 4.27. The maximum atomic E-state index is 12.6. The predicted molar refractivity (Wildman–Crippen MR) is 124 cm³/mol. The lowest BCUT2D eigenvalue weighted by molar-refractivity contribution is -0.161. The molecule has 3 heterocycles. The molecule has 1 aromatic carbocycles. The van der Waals surface area contributed by atoms with E-state index in [2.05, 4.69) is 9.72 Å². The van der Waals surface area contributed by atoms with Gasteiger partial charge in [-0.2, -0.15) is 0 Å². The Bertz CT molecular complexity index is 1100. The molecule has 0 fully saturated rings. The van der Waals surface area contributed by atoms with Crippen LogP contribution in [0.2, 0.25) is 0 Å². The number of carbonyl (C=O) groups is 1. The summed E-state index contributed by atoms with van der Waals surface area (Å²) in [6.07, 6.45) is 1.35. The fraction of sp³-hybridized carbons (Fsp3) is 0.440. The van der Waals surface area contributed by atoms with Crippen LogP contribution in [0.5, 0.6) is 0 Å². The Labute approximate surface area is 193 Å². The third kappa shape index (κ3) is 4.73. The van der Waals surface area contributed by atoms with E-state index < -0.39 is 12.2 Å². The Balaban J connectivity index is 1.81. The highest BCUT2D eigenvalue weighted by atomic mass is 16.6. The Morgan fingerprint density at radius 1 is 1.18 bits per heavy atom. The number of anilines is 1. The summed E-state index contributed by atoms with van der Waals surface area (Å²) in [6.45, 7) is 4.74. The van der Waals surface area contributed by atoms with Crippen molar-refractivity contribution in [3.8, 4) is 0 Å². The first-order chi connectivity index (χ1) is 16.0. The summed E-state index contributed by atoms with van der Waals surface area (Å²) < 4.78 is 19.5. The van der Waals surface area contributed by atoms with Gasteiger partial charge in [-0.05, 0) is 31.9 Å². The van der Waals surface area contributed by atoms with Gasteiger partial charge in [-0.3, -0.25) is 4.79 Å². The van der Waals surface area contributed by atoms with Crippen LogP contribution in [0.3, 0.4) is 0 Å². The highest BCUT2D eigenvalue weighted by Crippen LogP contribution is 2.44. The standard InChI is InChI=1S/C25H31N3O5/c1-16-17(2)28-12-11-19-22(25(28)26-16)27-21(18-8-5-4-6-9-18)24(23(19)32-15-14-31-3)33-20(30)10-7-13-29/h4-6,8-9,11-12,21,23-24,27,29H,7,10,13-15H2,1-3H3. The minimum atomic E-state index is -0.609. The maximum Gasteiger partial charge on any atom is 0.306 e. The fourth-order valence-corrected chi connectivity index (χ4v) is 4.27. The number of hydrogen-bond donors (Lipinski definition) is 2. The van der Waals surface area contributed by atoms with Crippen LogP contribution in [-0.2, 0) is 19.0 Å². The monoisotopic (exact) mass is 453 g/mol. The van der Waals surface area contributed by atoms with Gasteiger partial charge in [-0.25, -0.2) is 4.98 Å². The second-order valence-corrected chi connectivity index (χ2v) is 8.22. The van der Waals surface area contributed by atoms with Crippen molar-refractivity contribution in [2.24, 2.45) is 0 Å². The highest BCUT2D eigenvalue weighted by Gasteiger charge is 2.42. The number of aromatic nitrogens is 2. The van der Waals surface area contributed by atoms with E-state index in [1.807, 2.05) is 56.4 Å². The van der Waals surface area contributed by atoms with Crippen molar-refractivity contribution in [1.82, 2.24) is 9.38 Å². The van der Waals surface area contributed by atoms with Gasteiger partial charge >= 0.3 is 5.97 Å². The van der Waals surface area contributed by atoms with Gasteiger partial charge in [-0.1, -0.05) is 30.3 Å². The van der Waals surface area contributed by atoms with Gasteiger partial charge in [0.15, 0.2) is 11.8 Å². The van der Waals surface area contributed by atoms with Gasteiger partial charge in [0, 0.05) is 37.6 Å². The molecular weight excluding hydrogens is 422 g/mol. The summed E-state index contributed by atoms with van der Waals surface area (Å²) in [5.74, 6) is -0.367. The van der Waals surface area contributed by atoms with Crippen LogP contribution in [0.1, 0.15) is 47.5 Å². The molecule has 176 valence electrons. The second-order valence-electron chi connectivity index (χ2n) is 8.22. The molecule has 2 N–H and O–H groups in total. The number of benzene rings is 1. The lowest BCUT2D eigenvalue weighted by atomic mass is 9.88. The molecule has 33 heavy (non-hydrogen) atoms. The van der Waals surface area contributed by atoms with Gasteiger partial charge in [-0.15, -0.1) is 0 Å². The zero-order valence-corrected chi connectivity index (χ0v) is 19.3. The average Bonchev–Trinajstić information content (AvgIpc) is 3.13. The van der Waals surface area contributed by atoms with Crippen LogP contribution >= 0.6 is 0 Å². The predicted octanol–water partition coefficient (Wildman–Crippen LogP) is 3.51. The summed E-state index contributed by atoms with van der Waals surface area (Å²) in [5, 5.41) is 12.7. The Hall–Kier alpha value is -2.94. The molecular formula is C25H31N3O5. The maximum absolute atomic E-state index is 12.6. The van der Waals surface area contributed by atoms with Crippen molar-refractivity contribution in [2.45, 2.75) is 44.9 Å². The van der Waals surface area contributed by atoms with E-state index in [9.17, 15) is 4.79 Å². The summed E-state index contributed by atoms with van der Waals surface area (Å²) in [5.41, 5.74) is 5.57. The van der Waals surface area contributed by atoms with E-state index >= 15 is 0 Å². The Morgan fingerprint density at radius 2 is 1.97 bits per heavy atom. The number of aliphatic hydroxyl groups is 1. The first kappa shape index (κ1) is 23.2. The largest absolute Gasteiger partial charge is 0.457 e. The third-order valence-corrected chi connectivity index (χ3v) is 6.09. The molecule has 0 aliphatic carbocycles. The lowest BCUT2D eigenvalue weighted by Gasteiger charge is -2.40. The topological polar surface area (TPSA) is 94.3 Å². The third-order valence-electron chi connectivity index (χ3n) is 6.09. The normalized spacial score (nSPS) is 19.8. The number of rotatable bonds is 9.